The van der Waals surface area contributed by atoms with Crippen molar-refractivity contribution >= 4 is 9.93 Å². The van der Waals surface area contributed by atoms with Gasteiger partial charge in [-0.2, -0.15) is 10.5 Å². The van der Waals surface area contributed by atoms with Crippen molar-refractivity contribution in [1.29, 1.82) is 10.5 Å². The summed E-state index contributed by atoms with van der Waals surface area (Å²) in [5, 5.41) is 16.9. The second-order valence-corrected chi connectivity index (χ2v) is 5.97. The van der Waals surface area contributed by atoms with Gasteiger partial charge in [0.05, 0.1) is 9.93 Å². The van der Waals surface area contributed by atoms with Crippen LogP contribution in [-0.2, 0) is 14.1 Å². The Balaban J connectivity index is 4.49. The number of hydrogen-bond acceptors (Lipinski definition) is 3. The molecule has 0 atom stereocenters. The molecule has 0 saturated heterocycles. The third kappa shape index (κ3) is 3.87. The molecule has 0 unspecified atom stereocenters. The number of nitriles is 2. The van der Waals surface area contributed by atoms with E-state index in [0.717, 1.165) is 0 Å². The van der Waals surface area contributed by atoms with Crippen LogP contribution >= 0.6 is 0 Å². The van der Waals surface area contributed by atoms with Crippen molar-refractivity contribution in [2.75, 3.05) is 17.3 Å². The van der Waals surface area contributed by atoms with E-state index in [4.69, 9.17) is 10.5 Å². The minimum absolute atomic E-state index is 0.0506. The minimum atomic E-state index is -1.86. The van der Waals surface area contributed by atoms with Gasteiger partial charge >= 0.3 is 0 Å². The van der Waals surface area contributed by atoms with Crippen LogP contribution in [0.15, 0.2) is 11.6 Å². The molecule has 0 aliphatic heterocycles. The monoisotopic (exact) mass is 197 g/mol. The van der Waals surface area contributed by atoms with Gasteiger partial charge in [0.2, 0.25) is 0 Å². The molecule has 0 bridgehead atoms. The van der Waals surface area contributed by atoms with Crippen LogP contribution in [-0.4, -0.2) is 17.3 Å². The lowest BCUT2D eigenvalue weighted by Crippen LogP contribution is -2.19. The van der Waals surface area contributed by atoms with Crippen molar-refractivity contribution in [2.24, 2.45) is 0 Å². The fraction of sp³-hybridized carbons (Fsp3) is 0.556. The Labute approximate surface area is 80.1 Å². The average Bonchev–Trinajstić information content (AvgIpc) is 2.19. The maximum Gasteiger partial charge on any atom is 0.132 e. The molecule has 0 aliphatic rings. The molecular formula is C9H13N2OS+. The highest BCUT2D eigenvalue weighted by atomic mass is 32.2. The predicted molar refractivity (Wildman–Crippen MR) is 53.3 cm³/mol. The van der Waals surface area contributed by atoms with Crippen molar-refractivity contribution in [3.05, 3.63) is 11.6 Å². The van der Waals surface area contributed by atoms with E-state index in [9.17, 15) is 4.21 Å². The average molecular weight is 197 g/mol. The molecule has 0 aromatic rings. The summed E-state index contributed by atoms with van der Waals surface area (Å²) >= 11 is 0. The third-order valence-corrected chi connectivity index (χ3v) is 4.76. The molecule has 4 heteroatoms. The van der Waals surface area contributed by atoms with E-state index in [1.165, 1.54) is 6.08 Å². The molecular weight excluding hydrogens is 184 g/mol. The molecule has 3 nitrogen and oxygen atoms in total. The second-order valence-electron chi connectivity index (χ2n) is 2.55. The van der Waals surface area contributed by atoms with Crippen LogP contribution in [0.5, 0.6) is 0 Å². The number of nitrogens with zero attached hydrogens (tertiary/aromatic N) is 2. The normalized spacial score (nSPS) is 9.85. The predicted octanol–water partition coefficient (Wildman–Crippen LogP) is 1.50. The van der Waals surface area contributed by atoms with E-state index < -0.39 is 9.93 Å². The number of hydrogen-bond donors (Lipinski definition) is 0. The summed E-state index contributed by atoms with van der Waals surface area (Å²) in [6.07, 6.45) is 1.47. The summed E-state index contributed by atoms with van der Waals surface area (Å²) in [5.74, 6) is 1.55. The van der Waals surface area contributed by atoms with Crippen LogP contribution in [0.4, 0.5) is 0 Å². The zero-order valence-electron chi connectivity index (χ0n) is 7.91. The number of allylic oxidation sites excluding steroid dienone is 1. The fourth-order valence-electron chi connectivity index (χ4n) is 0.791. The van der Waals surface area contributed by atoms with Gasteiger partial charge in [-0.15, -0.1) is 4.21 Å². The molecule has 0 aromatic heterocycles. The van der Waals surface area contributed by atoms with Crippen LogP contribution in [0, 0.1) is 22.7 Å². The van der Waals surface area contributed by atoms with Gasteiger partial charge in [-0.1, -0.05) is 0 Å². The lowest BCUT2D eigenvalue weighted by molar-refractivity contribution is 0.587. The summed E-state index contributed by atoms with van der Waals surface area (Å²) in [6.45, 7) is 3.72. The summed E-state index contributed by atoms with van der Waals surface area (Å²) in [5.41, 5.74) is 0.0506. The first-order valence-corrected chi connectivity index (χ1v) is 6.16. The molecule has 0 aromatic carbocycles. The van der Waals surface area contributed by atoms with Crippen molar-refractivity contribution in [1.82, 2.24) is 0 Å². The van der Waals surface area contributed by atoms with Gasteiger partial charge in [0.1, 0.15) is 35.0 Å². The lowest BCUT2D eigenvalue weighted by atomic mass is 10.3. The highest BCUT2D eigenvalue weighted by Crippen LogP contribution is 2.06. The summed E-state index contributed by atoms with van der Waals surface area (Å²) in [6, 6.07) is 3.49. The Morgan fingerprint density at radius 3 is 2.08 bits per heavy atom. The quantitative estimate of drug-likeness (QED) is 0.506. The zero-order valence-corrected chi connectivity index (χ0v) is 8.73. The Morgan fingerprint density at radius 1 is 1.31 bits per heavy atom. The number of rotatable bonds is 4. The molecule has 0 radical (unpaired) electrons. The van der Waals surface area contributed by atoms with E-state index >= 15 is 0 Å². The molecule has 0 saturated carbocycles. The van der Waals surface area contributed by atoms with Crippen molar-refractivity contribution < 1.29 is 4.21 Å². The largest absolute Gasteiger partial charge is 0.192 e. The maximum atomic E-state index is 11.8. The SMILES string of the molecule is CC[S+](=O)(CC)CC=C(C#N)C#N. The van der Waals surface area contributed by atoms with Gasteiger partial charge in [-0.05, 0) is 19.9 Å². The van der Waals surface area contributed by atoms with Crippen LogP contribution in [0.2, 0.25) is 0 Å². The van der Waals surface area contributed by atoms with Crippen LogP contribution in [0.1, 0.15) is 13.8 Å². The smallest absolute Gasteiger partial charge is 0.132 e. The summed E-state index contributed by atoms with van der Waals surface area (Å²) in [4.78, 5) is 0. The Bertz CT molecular complexity index is 295. The van der Waals surface area contributed by atoms with Crippen LogP contribution in [0.3, 0.4) is 0 Å². The van der Waals surface area contributed by atoms with Gasteiger partial charge in [-0.3, -0.25) is 0 Å². The maximum absolute atomic E-state index is 11.8. The van der Waals surface area contributed by atoms with Gasteiger partial charge in [0.15, 0.2) is 0 Å². The Morgan fingerprint density at radius 2 is 1.77 bits per heavy atom. The van der Waals surface area contributed by atoms with Gasteiger partial charge in [0, 0.05) is 0 Å². The molecule has 0 fully saturated rings. The van der Waals surface area contributed by atoms with Crippen molar-refractivity contribution in [3.63, 3.8) is 0 Å². The lowest BCUT2D eigenvalue weighted by Gasteiger charge is -2.03. The standard InChI is InChI=1S/C9H13N2OS/c1-3-13(12,4-2)6-5-9(7-10)8-11/h5H,3-4,6H2,1-2H3/q+1. The summed E-state index contributed by atoms with van der Waals surface area (Å²) < 4.78 is 11.8. The molecule has 0 aliphatic carbocycles. The van der Waals surface area contributed by atoms with Gasteiger partial charge < -0.3 is 0 Å². The second kappa shape index (κ2) is 5.50. The highest BCUT2D eigenvalue weighted by Gasteiger charge is 2.20. The molecule has 0 heterocycles. The van der Waals surface area contributed by atoms with Gasteiger partial charge in [0.25, 0.3) is 0 Å². The van der Waals surface area contributed by atoms with Crippen LogP contribution < -0.4 is 0 Å². The topological polar surface area (TPSA) is 64.7 Å². The highest BCUT2D eigenvalue weighted by molar-refractivity contribution is 8.02. The molecule has 0 N–H and O–H groups in total. The van der Waals surface area contributed by atoms with Gasteiger partial charge in [-0.25, -0.2) is 0 Å². The Hall–Kier alpha value is -1.13. The van der Waals surface area contributed by atoms with E-state index in [-0.39, 0.29) is 5.57 Å². The summed E-state index contributed by atoms with van der Waals surface area (Å²) in [7, 11) is -1.86. The van der Waals surface area contributed by atoms with E-state index in [2.05, 4.69) is 0 Å². The van der Waals surface area contributed by atoms with E-state index in [1.54, 1.807) is 12.1 Å². The van der Waals surface area contributed by atoms with Crippen LogP contribution in [0.25, 0.3) is 0 Å². The zero-order chi connectivity index (χ0) is 10.3. The van der Waals surface area contributed by atoms with Crippen molar-refractivity contribution in [3.8, 4) is 12.1 Å². The van der Waals surface area contributed by atoms with Crippen molar-refractivity contribution in [2.45, 2.75) is 13.8 Å². The molecule has 0 amide bonds. The Kier molecular flexibility index (Phi) is 5.03. The first kappa shape index (κ1) is 11.9. The minimum Gasteiger partial charge on any atom is -0.192 e. The molecule has 13 heavy (non-hydrogen) atoms. The molecule has 70 valence electrons. The first-order valence-electron chi connectivity index (χ1n) is 4.09. The molecule has 0 spiro atoms. The first-order chi connectivity index (χ1) is 6.11. The fourth-order valence-corrected chi connectivity index (χ4v) is 2.14. The van der Waals surface area contributed by atoms with E-state index in [0.29, 0.717) is 17.3 Å². The third-order valence-electron chi connectivity index (χ3n) is 1.88. The molecule has 0 rings (SSSR count). The van der Waals surface area contributed by atoms with E-state index in [1.807, 2.05) is 13.8 Å².